The summed E-state index contributed by atoms with van der Waals surface area (Å²) in [4.78, 5) is 15.7. The maximum absolute atomic E-state index is 15.7. The molecule has 40 heavy (non-hydrogen) atoms. The summed E-state index contributed by atoms with van der Waals surface area (Å²) in [5.74, 6) is 0.540. The van der Waals surface area contributed by atoms with Gasteiger partial charge >= 0.3 is 0 Å². The molecule has 0 saturated heterocycles. The SMILES string of the molecule is CCCCCCC(CCCCCC)(C(=O)C(CCCCCC)(CCCCCC)c1ccccc1)c1ccccc1. The average molecular weight is 547 g/mol. The Hall–Kier alpha value is -1.89. The first kappa shape index (κ1) is 34.3. The summed E-state index contributed by atoms with van der Waals surface area (Å²) in [5.41, 5.74) is 1.73. The highest BCUT2D eigenvalue weighted by Gasteiger charge is 2.50. The molecule has 2 aromatic rings. The van der Waals surface area contributed by atoms with Gasteiger partial charge in [0.2, 0.25) is 0 Å². The third kappa shape index (κ3) is 10.2. The number of benzene rings is 2. The zero-order chi connectivity index (χ0) is 28.9. The number of hydrogen-bond acceptors (Lipinski definition) is 1. The summed E-state index contributed by atoms with van der Waals surface area (Å²) in [7, 11) is 0. The van der Waals surface area contributed by atoms with Crippen molar-refractivity contribution in [2.24, 2.45) is 0 Å². The average Bonchev–Trinajstić information content (AvgIpc) is 3.00. The number of unbranched alkanes of at least 4 members (excludes halogenated alkanes) is 12. The van der Waals surface area contributed by atoms with Crippen LogP contribution < -0.4 is 0 Å². The van der Waals surface area contributed by atoms with Crippen molar-refractivity contribution < 1.29 is 4.79 Å². The molecule has 2 rings (SSSR count). The predicted molar refractivity (Wildman–Crippen MR) is 176 cm³/mol. The third-order valence-electron chi connectivity index (χ3n) is 9.35. The van der Waals surface area contributed by atoms with E-state index in [0.717, 1.165) is 51.4 Å². The van der Waals surface area contributed by atoms with Crippen molar-refractivity contribution in [1.29, 1.82) is 0 Å². The molecule has 0 atom stereocenters. The number of carbonyl (C=O) groups excluding carboxylic acids is 1. The van der Waals surface area contributed by atoms with Crippen LogP contribution in [-0.4, -0.2) is 5.78 Å². The van der Waals surface area contributed by atoms with E-state index in [0.29, 0.717) is 5.78 Å². The maximum Gasteiger partial charge on any atom is 0.153 e. The monoisotopic (exact) mass is 546 g/mol. The van der Waals surface area contributed by atoms with Gasteiger partial charge in [0.25, 0.3) is 0 Å². The van der Waals surface area contributed by atoms with Gasteiger partial charge in [-0.15, -0.1) is 0 Å². The molecule has 0 N–H and O–H groups in total. The fraction of sp³-hybridized carbons (Fsp3) is 0.667. The van der Waals surface area contributed by atoms with Crippen LogP contribution in [0, 0.1) is 0 Å². The summed E-state index contributed by atoms with van der Waals surface area (Å²) < 4.78 is 0. The molecule has 0 aromatic heterocycles. The summed E-state index contributed by atoms with van der Waals surface area (Å²) in [6, 6.07) is 22.0. The van der Waals surface area contributed by atoms with E-state index in [2.05, 4.69) is 88.4 Å². The quantitative estimate of drug-likeness (QED) is 0.120. The van der Waals surface area contributed by atoms with E-state index in [1.165, 1.54) is 88.2 Å². The minimum absolute atomic E-state index is 0.409. The normalized spacial score (nSPS) is 12.1. The van der Waals surface area contributed by atoms with Crippen LogP contribution in [-0.2, 0) is 15.6 Å². The topological polar surface area (TPSA) is 17.1 Å². The predicted octanol–water partition coefficient (Wildman–Crippen LogP) is 12.3. The maximum atomic E-state index is 15.7. The minimum Gasteiger partial charge on any atom is -0.298 e. The molecule has 0 aliphatic rings. The number of rotatable bonds is 24. The molecule has 0 fully saturated rings. The molecule has 1 heteroatoms. The van der Waals surface area contributed by atoms with Gasteiger partial charge in [0.1, 0.15) is 0 Å². The van der Waals surface area contributed by atoms with Gasteiger partial charge in [0.15, 0.2) is 5.78 Å². The largest absolute Gasteiger partial charge is 0.298 e. The summed E-state index contributed by atoms with van der Waals surface area (Å²) in [5, 5.41) is 0. The Morgan fingerprint density at radius 1 is 0.425 bits per heavy atom. The molecule has 0 saturated carbocycles. The molecular formula is C39H62O. The van der Waals surface area contributed by atoms with Crippen LogP contribution in [0.1, 0.15) is 167 Å². The van der Waals surface area contributed by atoms with Crippen molar-refractivity contribution in [2.75, 3.05) is 0 Å². The third-order valence-corrected chi connectivity index (χ3v) is 9.35. The molecule has 0 heterocycles. The van der Waals surface area contributed by atoms with E-state index in [1.807, 2.05) is 0 Å². The molecule has 0 unspecified atom stereocenters. The number of carbonyl (C=O) groups is 1. The smallest absolute Gasteiger partial charge is 0.153 e. The van der Waals surface area contributed by atoms with E-state index in [4.69, 9.17) is 0 Å². The highest BCUT2D eigenvalue weighted by molar-refractivity contribution is 5.99. The van der Waals surface area contributed by atoms with Crippen LogP contribution >= 0.6 is 0 Å². The second-order valence-electron chi connectivity index (χ2n) is 12.5. The number of ketones is 1. The van der Waals surface area contributed by atoms with E-state index < -0.39 is 10.8 Å². The van der Waals surface area contributed by atoms with Gasteiger partial charge in [-0.25, -0.2) is 0 Å². The van der Waals surface area contributed by atoms with Crippen molar-refractivity contribution >= 4 is 5.78 Å². The van der Waals surface area contributed by atoms with Gasteiger partial charge in [0.05, 0.1) is 10.8 Å². The Labute approximate surface area is 249 Å². The van der Waals surface area contributed by atoms with Crippen molar-refractivity contribution in [3.8, 4) is 0 Å². The molecule has 0 bridgehead atoms. The Bertz CT molecular complexity index is 786. The minimum atomic E-state index is -0.409. The van der Waals surface area contributed by atoms with Gasteiger partial charge in [-0.3, -0.25) is 4.79 Å². The van der Waals surface area contributed by atoms with Crippen molar-refractivity contribution in [3.63, 3.8) is 0 Å². The van der Waals surface area contributed by atoms with Crippen LogP contribution in [0.25, 0.3) is 0 Å². The fourth-order valence-corrected chi connectivity index (χ4v) is 6.93. The first-order valence-electron chi connectivity index (χ1n) is 17.3. The van der Waals surface area contributed by atoms with Crippen LogP contribution in [0.2, 0.25) is 0 Å². The van der Waals surface area contributed by atoms with E-state index in [1.54, 1.807) is 0 Å². The lowest BCUT2D eigenvalue weighted by Crippen LogP contribution is -2.49. The molecule has 0 aliphatic carbocycles. The van der Waals surface area contributed by atoms with Gasteiger partial charge < -0.3 is 0 Å². The Morgan fingerprint density at radius 2 is 0.700 bits per heavy atom. The van der Waals surface area contributed by atoms with Gasteiger partial charge in [-0.1, -0.05) is 191 Å². The molecule has 0 radical (unpaired) electrons. The number of Topliss-reactive ketones (excluding diaryl/α,β-unsaturated/α-hetero) is 1. The highest BCUT2D eigenvalue weighted by atomic mass is 16.1. The molecule has 2 aromatic carbocycles. The standard InChI is InChI=1S/C39H62O/c1-5-9-13-23-31-38(32-24-14-10-6-2,35-27-19-17-20-28-35)37(40)39(33-25-15-11-7-3,34-26-16-12-8-4)36-29-21-18-22-30-36/h17-22,27-30H,5-16,23-26,31-34H2,1-4H3. The Balaban J connectivity index is 2.67. The van der Waals surface area contributed by atoms with E-state index in [9.17, 15) is 0 Å². The Kier molecular flexibility index (Phi) is 17.2. The molecule has 0 amide bonds. The van der Waals surface area contributed by atoms with Crippen LogP contribution in [0.15, 0.2) is 60.7 Å². The lowest BCUT2D eigenvalue weighted by atomic mass is 9.57. The second-order valence-corrected chi connectivity index (χ2v) is 12.5. The summed E-state index contributed by atoms with van der Waals surface area (Å²) >= 11 is 0. The zero-order valence-corrected chi connectivity index (χ0v) is 26.8. The van der Waals surface area contributed by atoms with Gasteiger partial charge in [-0.2, -0.15) is 0 Å². The first-order valence-corrected chi connectivity index (χ1v) is 17.3. The van der Waals surface area contributed by atoms with E-state index >= 15 is 4.79 Å². The molecular weight excluding hydrogens is 484 g/mol. The molecule has 224 valence electrons. The van der Waals surface area contributed by atoms with E-state index in [-0.39, 0.29) is 0 Å². The van der Waals surface area contributed by atoms with Crippen LogP contribution in [0.4, 0.5) is 0 Å². The van der Waals surface area contributed by atoms with Crippen LogP contribution in [0.5, 0.6) is 0 Å². The van der Waals surface area contributed by atoms with Crippen molar-refractivity contribution in [3.05, 3.63) is 71.8 Å². The summed E-state index contributed by atoms with van der Waals surface area (Å²) in [6.07, 6.45) is 23.3. The molecule has 1 nitrogen and oxygen atoms in total. The zero-order valence-electron chi connectivity index (χ0n) is 26.8. The van der Waals surface area contributed by atoms with Gasteiger partial charge in [-0.05, 0) is 36.8 Å². The molecule has 0 spiro atoms. The lowest BCUT2D eigenvalue weighted by Gasteiger charge is -2.44. The highest BCUT2D eigenvalue weighted by Crippen LogP contribution is 2.48. The van der Waals surface area contributed by atoms with Crippen molar-refractivity contribution in [1.82, 2.24) is 0 Å². The second kappa shape index (κ2) is 20.1. The number of hydrogen-bond donors (Lipinski definition) is 0. The fourth-order valence-electron chi connectivity index (χ4n) is 6.93. The Morgan fingerprint density at radius 3 is 0.950 bits per heavy atom. The summed E-state index contributed by atoms with van der Waals surface area (Å²) in [6.45, 7) is 9.14. The van der Waals surface area contributed by atoms with Crippen LogP contribution in [0.3, 0.4) is 0 Å². The molecule has 0 aliphatic heterocycles. The first-order chi connectivity index (χ1) is 19.6. The lowest BCUT2D eigenvalue weighted by molar-refractivity contribution is -0.132. The van der Waals surface area contributed by atoms with Crippen molar-refractivity contribution in [2.45, 2.75) is 167 Å². The van der Waals surface area contributed by atoms with Gasteiger partial charge in [0, 0.05) is 0 Å².